The van der Waals surface area contributed by atoms with E-state index in [0.29, 0.717) is 0 Å². The Labute approximate surface area is 98.2 Å². The highest BCUT2D eigenvalue weighted by Gasteiger charge is 2.06. The Bertz CT molecular complexity index is 347. The highest BCUT2D eigenvalue weighted by Crippen LogP contribution is 2.13. The third kappa shape index (κ3) is 3.66. The normalized spacial score (nSPS) is 10.2. The van der Waals surface area contributed by atoms with Gasteiger partial charge >= 0.3 is 0 Å². The molecule has 16 heavy (non-hydrogen) atoms. The molecule has 0 atom stereocenters. The maximum Gasteiger partial charge on any atom is 0.129 e. The van der Waals surface area contributed by atoms with Crippen molar-refractivity contribution in [2.24, 2.45) is 0 Å². The lowest BCUT2D eigenvalue weighted by Gasteiger charge is -2.22. The van der Waals surface area contributed by atoms with Crippen molar-refractivity contribution in [3.05, 3.63) is 36.0 Å². The van der Waals surface area contributed by atoms with Gasteiger partial charge in [0.1, 0.15) is 5.82 Å². The molecule has 1 aromatic rings. The third-order valence-corrected chi connectivity index (χ3v) is 2.36. The van der Waals surface area contributed by atoms with Gasteiger partial charge in [0.15, 0.2) is 0 Å². The molecule has 0 saturated heterocycles. The van der Waals surface area contributed by atoms with Crippen molar-refractivity contribution in [2.45, 2.75) is 20.4 Å². The first-order chi connectivity index (χ1) is 7.67. The molecule has 1 rings (SSSR count). The van der Waals surface area contributed by atoms with Crippen molar-refractivity contribution in [1.29, 1.82) is 0 Å². The van der Waals surface area contributed by atoms with E-state index in [4.69, 9.17) is 0 Å². The first-order valence-electron chi connectivity index (χ1n) is 5.66. The van der Waals surface area contributed by atoms with Crippen LogP contribution in [-0.4, -0.2) is 25.1 Å². The smallest absolute Gasteiger partial charge is 0.129 e. The Balaban J connectivity index is 2.83. The SMILES string of the molecule is C=C(C)CN(CC)c1cc(CNC)ccn1. The molecular weight excluding hydrogens is 198 g/mol. The molecule has 0 fully saturated rings. The highest BCUT2D eigenvalue weighted by atomic mass is 15.2. The standard InChI is InChI=1S/C13H21N3/c1-5-16(10-11(2)3)13-8-12(9-14-4)6-7-15-13/h6-8,14H,2,5,9-10H2,1,3-4H3. The van der Waals surface area contributed by atoms with E-state index in [9.17, 15) is 0 Å². The number of nitrogens with zero attached hydrogens (tertiary/aromatic N) is 2. The van der Waals surface area contributed by atoms with Crippen LogP contribution in [-0.2, 0) is 6.54 Å². The zero-order valence-corrected chi connectivity index (χ0v) is 10.5. The second-order valence-corrected chi connectivity index (χ2v) is 4.02. The van der Waals surface area contributed by atoms with Gasteiger partial charge in [-0.2, -0.15) is 0 Å². The molecular formula is C13H21N3. The number of anilines is 1. The second-order valence-electron chi connectivity index (χ2n) is 4.02. The van der Waals surface area contributed by atoms with Gasteiger partial charge in [-0.05, 0) is 38.6 Å². The fourth-order valence-electron chi connectivity index (χ4n) is 1.63. The molecule has 0 radical (unpaired) electrons. The molecule has 0 spiro atoms. The molecule has 1 N–H and O–H groups in total. The maximum atomic E-state index is 4.40. The monoisotopic (exact) mass is 219 g/mol. The van der Waals surface area contributed by atoms with Gasteiger partial charge in [0.2, 0.25) is 0 Å². The number of hydrogen-bond acceptors (Lipinski definition) is 3. The molecule has 1 heterocycles. The first kappa shape index (κ1) is 12.7. The largest absolute Gasteiger partial charge is 0.353 e. The van der Waals surface area contributed by atoms with Crippen LogP contribution in [0.5, 0.6) is 0 Å². The Morgan fingerprint density at radius 3 is 2.88 bits per heavy atom. The average Bonchev–Trinajstić information content (AvgIpc) is 2.26. The predicted molar refractivity (Wildman–Crippen MR) is 69.7 cm³/mol. The lowest BCUT2D eigenvalue weighted by Crippen LogP contribution is -2.25. The highest BCUT2D eigenvalue weighted by molar-refractivity contribution is 5.42. The van der Waals surface area contributed by atoms with E-state index >= 15 is 0 Å². The molecule has 0 aliphatic heterocycles. The van der Waals surface area contributed by atoms with Gasteiger partial charge in [-0.15, -0.1) is 0 Å². The Morgan fingerprint density at radius 2 is 2.31 bits per heavy atom. The van der Waals surface area contributed by atoms with Crippen LogP contribution in [0.2, 0.25) is 0 Å². The van der Waals surface area contributed by atoms with Gasteiger partial charge in [-0.1, -0.05) is 12.2 Å². The summed E-state index contributed by atoms with van der Waals surface area (Å²) < 4.78 is 0. The van der Waals surface area contributed by atoms with Crippen LogP contribution in [0.4, 0.5) is 5.82 Å². The molecule has 0 saturated carbocycles. The molecule has 0 unspecified atom stereocenters. The molecule has 0 aliphatic carbocycles. The minimum atomic E-state index is 0.868. The predicted octanol–water partition coefficient (Wildman–Crippen LogP) is 2.20. The number of hydrogen-bond donors (Lipinski definition) is 1. The first-order valence-corrected chi connectivity index (χ1v) is 5.66. The molecule has 3 nitrogen and oxygen atoms in total. The van der Waals surface area contributed by atoms with Crippen molar-refractivity contribution >= 4 is 5.82 Å². The topological polar surface area (TPSA) is 28.2 Å². The molecule has 1 aromatic heterocycles. The minimum absolute atomic E-state index is 0.868. The van der Waals surface area contributed by atoms with Gasteiger partial charge in [0, 0.05) is 25.8 Å². The van der Waals surface area contributed by atoms with Gasteiger partial charge in [-0.3, -0.25) is 0 Å². The maximum absolute atomic E-state index is 4.40. The summed E-state index contributed by atoms with van der Waals surface area (Å²) in [5.74, 6) is 1.03. The van der Waals surface area contributed by atoms with E-state index < -0.39 is 0 Å². The zero-order chi connectivity index (χ0) is 12.0. The minimum Gasteiger partial charge on any atom is -0.353 e. The van der Waals surface area contributed by atoms with Crippen molar-refractivity contribution < 1.29 is 0 Å². The fraction of sp³-hybridized carbons (Fsp3) is 0.462. The van der Waals surface area contributed by atoms with Crippen LogP contribution >= 0.6 is 0 Å². The number of rotatable bonds is 6. The second kappa shape index (κ2) is 6.28. The summed E-state index contributed by atoms with van der Waals surface area (Å²) in [5, 5.41) is 3.15. The van der Waals surface area contributed by atoms with E-state index in [1.807, 2.05) is 26.2 Å². The van der Waals surface area contributed by atoms with Crippen molar-refractivity contribution in [2.75, 3.05) is 25.0 Å². The summed E-state index contributed by atoms with van der Waals surface area (Å²) in [4.78, 5) is 6.63. The van der Waals surface area contributed by atoms with Crippen LogP contribution in [0.15, 0.2) is 30.5 Å². The van der Waals surface area contributed by atoms with Crippen LogP contribution in [0.3, 0.4) is 0 Å². The van der Waals surface area contributed by atoms with Crippen LogP contribution in [0, 0.1) is 0 Å². The fourth-order valence-corrected chi connectivity index (χ4v) is 1.63. The number of pyridine rings is 1. The van der Waals surface area contributed by atoms with E-state index in [1.165, 1.54) is 5.56 Å². The summed E-state index contributed by atoms with van der Waals surface area (Å²) in [6.45, 7) is 10.8. The summed E-state index contributed by atoms with van der Waals surface area (Å²) in [5.41, 5.74) is 2.41. The van der Waals surface area contributed by atoms with Crippen molar-refractivity contribution in [3.8, 4) is 0 Å². The summed E-state index contributed by atoms with van der Waals surface area (Å²) in [6, 6.07) is 4.16. The molecule has 3 heteroatoms. The molecule has 88 valence electrons. The number of likely N-dealkylation sites (N-methyl/N-ethyl adjacent to an activating group) is 1. The molecule has 0 aromatic carbocycles. The number of nitrogens with one attached hydrogen (secondary N) is 1. The summed E-state index contributed by atoms with van der Waals surface area (Å²) in [6.07, 6.45) is 1.86. The number of aromatic nitrogens is 1. The molecule has 0 aliphatic rings. The van der Waals surface area contributed by atoms with Crippen molar-refractivity contribution in [3.63, 3.8) is 0 Å². The van der Waals surface area contributed by atoms with Gasteiger partial charge in [0.05, 0.1) is 0 Å². The van der Waals surface area contributed by atoms with Gasteiger partial charge in [0.25, 0.3) is 0 Å². The van der Waals surface area contributed by atoms with Crippen LogP contribution in [0.25, 0.3) is 0 Å². The van der Waals surface area contributed by atoms with E-state index in [2.05, 4.69) is 34.8 Å². The van der Waals surface area contributed by atoms with Gasteiger partial charge < -0.3 is 10.2 Å². The quantitative estimate of drug-likeness (QED) is 0.743. The van der Waals surface area contributed by atoms with Crippen molar-refractivity contribution in [1.82, 2.24) is 10.3 Å². The lowest BCUT2D eigenvalue weighted by atomic mass is 10.2. The van der Waals surface area contributed by atoms with E-state index in [-0.39, 0.29) is 0 Å². The van der Waals surface area contributed by atoms with Gasteiger partial charge in [-0.25, -0.2) is 4.98 Å². The summed E-state index contributed by atoms with van der Waals surface area (Å²) >= 11 is 0. The Kier molecular flexibility index (Phi) is 4.99. The molecule has 0 bridgehead atoms. The average molecular weight is 219 g/mol. The van der Waals surface area contributed by atoms with E-state index in [0.717, 1.165) is 31.0 Å². The summed E-state index contributed by atoms with van der Waals surface area (Å²) in [7, 11) is 1.95. The van der Waals surface area contributed by atoms with Crippen LogP contribution < -0.4 is 10.2 Å². The van der Waals surface area contributed by atoms with E-state index in [1.54, 1.807) is 0 Å². The molecule has 0 amide bonds. The van der Waals surface area contributed by atoms with Crippen LogP contribution in [0.1, 0.15) is 19.4 Å². The Morgan fingerprint density at radius 1 is 1.56 bits per heavy atom. The Hall–Kier alpha value is -1.35. The zero-order valence-electron chi connectivity index (χ0n) is 10.5. The lowest BCUT2D eigenvalue weighted by molar-refractivity contribution is 0.808. The third-order valence-electron chi connectivity index (χ3n) is 2.36.